The molecule has 0 aliphatic carbocycles. The molecule has 0 aromatic heterocycles. The summed E-state index contributed by atoms with van der Waals surface area (Å²) in [6.45, 7) is 5.97. The predicted octanol–water partition coefficient (Wildman–Crippen LogP) is 1.15. The molecule has 2 heteroatoms. The molecule has 52 valence electrons. The van der Waals surface area contributed by atoms with Gasteiger partial charge in [-0.05, 0) is 26.4 Å². The van der Waals surface area contributed by atoms with Gasteiger partial charge in [0.1, 0.15) is 0 Å². The highest BCUT2D eigenvalue weighted by Crippen LogP contribution is 1.95. The summed E-state index contributed by atoms with van der Waals surface area (Å²) in [5.41, 5.74) is 0. The molecule has 0 saturated heterocycles. The number of nitriles is 1. The van der Waals surface area contributed by atoms with Crippen molar-refractivity contribution in [3.63, 3.8) is 0 Å². The Hall–Kier alpha value is -0.550. The molecule has 1 atom stereocenters. The van der Waals surface area contributed by atoms with E-state index in [1.807, 2.05) is 6.92 Å². The van der Waals surface area contributed by atoms with Gasteiger partial charge < -0.3 is 5.32 Å². The molecule has 0 heterocycles. The minimum Gasteiger partial charge on any atom is -0.317 e. The SMILES string of the molecule is CCNCCC(C)C#N. The molecule has 2 nitrogen and oxygen atoms in total. The maximum absolute atomic E-state index is 8.36. The van der Waals surface area contributed by atoms with Crippen LogP contribution in [-0.4, -0.2) is 13.1 Å². The van der Waals surface area contributed by atoms with Gasteiger partial charge in [-0.25, -0.2) is 0 Å². The summed E-state index contributed by atoms with van der Waals surface area (Å²) < 4.78 is 0. The third-order valence-corrected chi connectivity index (χ3v) is 1.22. The van der Waals surface area contributed by atoms with Crippen LogP contribution in [0.4, 0.5) is 0 Å². The second-order valence-electron chi connectivity index (χ2n) is 2.17. The average Bonchev–Trinajstić information content (AvgIpc) is 1.89. The van der Waals surface area contributed by atoms with Crippen molar-refractivity contribution in [1.82, 2.24) is 5.32 Å². The predicted molar refractivity (Wildman–Crippen MR) is 37.9 cm³/mol. The van der Waals surface area contributed by atoms with E-state index in [1.54, 1.807) is 0 Å². The van der Waals surface area contributed by atoms with E-state index in [1.165, 1.54) is 0 Å². The summed E-state index contributed by atoms with van der Waals surface area (Å²) in [5, 5.41) is 11.5. The highest BCUT2D eigenvalue weighted by Gasteiger charge is 1.95. The van der Waals surface area contributed by atoms with Gasteiger partial charge in [-0.15, -0.1) is 0 Å². The summed E-state index contributed by atoms with van der Waals surface area (Å²) >= 11 is 0. The standard InChI is InChI=1S/C7H14N2/c1-3-9-5-4-7(2)6-8/h7,9H,3-5H2,1-2H3. The molecule has 0 spiro atoms. The smallest absolute Gasteiger partial charge is 0.0653 e. The van der Waals surface area contributed by atoms with E-state index in [0.717, 1.165) is 19.5 Å². The monoisotopic (exact) mass is 126 g/mol. The van der Waals surface area contributed by atoms with Crippen LogP contribution in [0.1, 0.15) is 20.3 Å². The molecule has 1 unspecified atom stereocenters. The van der Waals surface area contributed by atoms with Crippen LogP contribution in [0.2, 0.25) is 0 Å². The molecule has 0 rings (SSSR count). The zero-order valence-electron chi connectivity index (χ0n) is 6.15. The van der Waals surface area contributed by atoms with E-state index in [-0.39, 0.29) is 5.92 Å². The first-order valence-corrected chi connectivity index (χ1v) is 3.41. The van der Waals surface area contributed by atoms with Crippen molar-refractivity contribution in [3.8, 4) is 6.07 Å². The maximum Gasteiger partial charge on any atom is 0.0653 e. The van der Waals surface area contributed by atoms with Crippen molar-refractivity contribution in [2.24, 2.45) is 5.92 Å². The fourth-order valence-electron chi connectivity index (χ4n) is 0.560. The maximum atomic E-state index is 8.36. The van der Waals surface area contributed by atoms with Crippen molar-refractivity contribution in [1.29, 1.82) is 5.26 Å². The van der Waals surface area contributed by atoms with Gasteiger partial charge >= 0.3 is 0 Å². The minimum atomic E-state index is 0.198. The topological polar surface area (TPSA) is 35.8 Å². The average molecular weight is 126 g/mol. The van der Waals surface area contributed by atoms with Gasteiger partial charge in [-0.1, -0.05) is 6.92 Å². The largest absolute Gasteiger partial charge is 0.317 e. The molecule has 0 aliphatic rings. The van der Waals surface area contributed by atoms with E-state index in [4.69, 9.17) is 5.26 Å². The van der Waals surface area contributed by atoms with Gasteiger partial charge in [-0.2, -0.15) is 5.26 Å². The first kappa shape index (κ1) is 8.45. The number of nitrogens with zero attached hydrogens (tertiary/aromatic N) is 1. The molecule has 0 saturated carbocycles. The van der Waals surface area contributed by atoms with Crippen molar-refractivity contribution in [3.05, 3.63) is 0 Å². The summed E-state index contributed by atoms with van der Waals surface area (Å²) in [6.07, 6.45) is 0.963. The van der Waals surface area contributed by atoms with Crippen LogP contribution in [0.3, 0.4) is 0 Å². The lowest BCUT2D eigenvalue weighted by atomic mass is 10.1. The molecule has 0 aromatic rings. The summed E-state index contributed by atoms with van der Waals surface area (Å²) in [5.74, 6) is 0.198. The highest BCUT2D eigenvalue weighted by molar-refractivity contribution is 4.78. The zero-order valence-corrected chi connectivity index (χ0v) is 6.15. The van der Waals surface area contributed by atoms with Crippen molar-refractivity contribution in [2.45, 2.75) is 20.3 Å². The van der Waals surface area contributed by atoms with Crippen LogP contribution in [0.15, 0.2) is 0 Å². The Balaban J connectivity index is 2.99. The van der Waals surface area contributed by atoms with E-state index in [2.05, 4.69) is 18.3 Å². The van der Waals surface area contributed by atoms with E-state index < -0.39 is 0 Å². The third-order valence-electron chi connectivity index (χ3n) is 1.22. The van der Waals surface area contributed by atoms with E-state index in [0.29, 0.717) is 0 Å². The first-order valence-electron chi connectivity index (χ1n) is 3.41. The normalized spacial score (nSPS) is 12.6. The van der Waals surface area contributed by atoms with Crippen LogP contribution in [0.5, 0.6) is 0 Å². The molecule has 0 fully saturated rings. The lowest BCUT2D eigenvalue weighted by Crippen LogP contribution is -2.15. The van der Waals surface area contributed by atoms with Crippen molar-refractivity contribution in [2.75, 3.05) is 13.1 Å². The van der Waals surface area contributed by atoms with Crippen molar-refractivity contribution >= 4 is 0 Å². The van der Waals surface area contributed by atoms with Crippen LogP contribution < -0.4 is 5.32 Å². The van der Waals surface area contributed by atoms with Crippen LogP contribution in [0.25, 0.3) is 0 Å². The number of nitrogens with one attached hydrogen (secondary N) is 1. The molecular weight excluding hydrogens is 112 g/mol. The van der Waals surface area contributed by atoms with E-state index >= 15 is 0 Å². The Morgan fingerprint density at radius 1 is 1.67 bits per heavy atom. The quantitative estimate of drug-likeness (QED) is 0.573. The molecule has 0 aromatic carbocycles. The molecule has 1 N–H and O–H groups in total. The van der Waals surface area contributed by atoms with Gasteiger partial charge in [-0.3, -0.25) is 0 Å². The Morgan fingerprint density at radius 2 is 2.33 bits per heavy atom. The molecule has 0 amide bonds. The zero-order chi connectivity index (χ0) is 7.11. The van der Waals surface area contributed by atoms with Gasteiger partial charge in [0.05, 0.1) is 6.07 Å². The lowest BCUT2D eigenvalue weighted by Gasteiger charge is -2.00. The Kier molecular flexibility index (Phi) is 5.24. The highest BCUT2D eigenvalue weighted by atomic mass is 14.8. The Morgan fingerprint density at radius 3 is 2.78 bits per heavy atom. The molecular formula is C7H14N2. The first-order chi connectivity index (χ1) is 4.31. The van der Waals surface area contributed by atoms with Crippen LogP contribution >= 0.6 is 0 Å². The summed E-state index contributed by atoms with van der Waals surface area (Å²) in [7, 11) is 0. The molecule has 0 aliphatic heterocycles. The number of rotatable bonds is 4. The fraction of sp³-hybridized carbons (Fsp3) is 0.857. The summed E-state index contributed by atoms with van der Waals surface area (Å²) in [6, 6.07) is 2.18. The van der Waals surface area contributed by atoms with Crippen LogP contribution in [-0.2, 0) is 0 Å². The van der Waals surface area contributed by atoms with Gasteiger partial charge in [0.2, 0.25) is 0 Å². The number of hydrogen-bond acceptors (Lipinski definition) is 2. The van der Waals surface area contributed by atoms with Gasteiger partial charge in [0.25, 0.3) is 0 Å². The summed E-state index contributed by atoms with van der Waals surface area (Å²) in [4.78, 5) is 0. The third kappa shape index (κ3) is 5.32. The second kappa shape index (κ2) is 5.58. The van der Waals surface area contributed by atoms with Gasteiger partial charge in [0.15, 0.2) is 0 Å². The number of hydrogen-bond donors (Lipinski definition) is 1. The second-order valence-corrected chi connectivity index (χ2v) is 2.17. The Bertz CT molecular complexity index is 93.6. The minimum absolute atomic E-state index is 0.198. The molecule has 0 bridgehead atoms. The van der Waals surface area contributed by atoms with E-state index in [9.17, 15) is 0 Å². The van der Waals surface area contributed by atoms with Crippen LogP contribution in [0, 0.1) is 17.2 Å². The van der Waals surface area contributed by atoms with Gasteiger partial charge in [0, 0.05) is 5.92 Å². The molecule has 9 heavy (non-hydrogen) atoms. The van der Waals surface area contributed by atoms with Crippen molar-refractivity contribution < 1.29 is 0 Å². The molecule has 0 radical (unpaired) electrons. The fourth-order valence-corrected chi connectivity index (χ4v) is 0.560. The Labute approximate surface area is 56.9 Å². The lowest BCUT2D eigenvalue weighted by molar-refractivity contribution is 0.595.